The predicted molar refractivity (Wildman–Crippen MR) is 124 cm³/mol. The zero-order valence-corrected chi connectivity index (χ0v) is 19.3. The lowest BCUT2D eigenvalue weighted by Crippen LogP contribution is -2.44. The fourth-order valence-corrected chi connectivity index (χ4v) is 3.44. The van der Waals surface area contributed by atoms with E-state index in [1.807, 2.05) is 33.0 Å². The van der Waals surface area contributed by atoms with Crippen LogP contribution in [0.3, 0.4) is 0 Å². The van der Waals surface area contributed by atoms with E-state index in [9.17, 15) is 0 Å². The Balaban J connectivity index is 0.00000280. The summed E-state index contributed by atoms with van der Waals surface area (Å²) < 4.78 is 10.6. The van der Waals surface area contributed by atoms with Gasteiger partial charge in [-0.15, -0.1) is 24.0 Å². The van der Waals surface area contributed by atoms with Crippen molar-refractivity contribution in [2.75, 3.05) is 33.8 Å². The van der Waals surface area contributed by atoms with Crippen LogP contribution in [0.15, 0.2) is 39.9 Å². The molecule has 2 heterocycles. The van der Waals surface area contributed by atoms with Gasteiger partial charge in [0.2, 0.25) is 0 Å². The maximum Gasteiger partial charge on any atom is 0.193 e. The highest BCUT2D eigenvalue weighted by Gasteiger charge is 2.17. The van der Waals surface area contributed by atoms with Crippen molar-refractivity contribution in [2.24, 2.45) is 4.99 Å². The smallest absolute Gasteiger partial charge is 0.193 e. The summed E-state index contributed by atoms with van der Waals surface area (Å²) in [6.07, 6.45) is 4.14. The Kier molecular flexibility index (Phi) is 8.35. The third kappa shape index (κ3) is 5.27. The zero-order valence-electron chi connectivity index (χ0n) is 17.0. The Morgan fingerprint density at radius 3 is 2.79 bits per heavy atom. The van der Waals surface area contributed by atoms with Crippen LogP contribution >= 0.6 is 24.0 Å². The molecule has 152 valence electrons. The number of aryl methyl sites for hydroxylation is 2. The van der Waals surface area contributed by atoms with Crippen LogP contribution < -0.4 is 10.1 Å². The third-order valence-corrected chi connectivity index (χ3v) is 5.00. The van der Waals surface area contributed by atoms with Crippen LogP contribution in [0.5, 0.6) is 5.75 Å². The first kappa shape index (κ1) is 22.3. The van der Waals surface area contributed by atoms with Crippen molar-refractivity contribution in [1.82, 2.24) is 15.4 Å². The molecular weight excluding hydrogens is 467 g/mol. The second-order valence-corrected chi connectivity index (χ2v) is 6.68. The second-order valence-electron chi connectivity index (χ2n) is 6.68. The molecule has 2 aromatic rings. The Hall–Kier alpha value is -2.03. The molecule has 0 amide bonds. The first-order chi connectivity index (χ1) is 13.1. The number of nitrogens with one attached hydrogen (secondary N) is 1. The van der Waals surface area contributed by atoms with E-state index in [2.05, 4.69) is 38.6 Å². The van der Waals surface area contributed by atoms with Crippen LogP contribution in [0.1, 0.15) is 29.0 Å². The molecule has 0 aliphatic carbocycles. The molecular formula is C21H29IN4O2. The van der Waals surface area contributed by atoms with E-state index in [0.717, 1.165) is 55.6 Å². The molecule has 1 aliphatic heterocycles. The number of hydrogen-bond donors (Lipinski definition) is 1. The van der Waals surface area contributed by atoms with Crippen molar-refractivity contribution in [2.45, 2.75) is 26.7 Å². The van der Waals surface area contributed by atoms with Crippen molar-refractivity contribution >= 4 is 35.5 Å². The van der Waals surface area contributed by atoms with Crippen LogP contribution in [-0.4, -0.2) is 49.8 Å². The molecule has 0 saturated carbocycles. The van der Waals surface area contributed by atoms with Gasteiger partial charge in [0.1, 0.15) is 11.5 Å². The molecule has 6 nitrogen and oxygen atoms in total. The van der Waals surface area contributed by atoms with Gasteiger partial charge in [-0.25, -0.2) is 0 Å². The maximum atomic E-state index is 5.34. The number of nitrogens with zero attached hydrogens (tertiary/aromatic N) is 3. The summed E-state index contributed by atoms with van der Waals surface area (Å²) in [5.41, 5.74) is 4.73. The van der Waals surface area contributed by atoms with E-state index in [0.29, 0.717) is 0 Å². The molecule has 0 radical (unpaired) electrons. The largest absolute Gasteiger partial charge is 0.497 e. The predicted octanol–water partition coefficient (Wildman–Crippen LogP) is 3.83. The number of guanidine groups is 1. The van der Waals surface area contributed by atoms with Gasteiger partial charge in [0, 0.05) is 32.2 Å². The highest BCUT2D eigenvalue weighted by Crippen LogP contribution is 2.25. The molecule has 28 heavy (non-hydrogen) atoms. The number of ether oxygens (including phenoxy) is 1. The molecule has 1 aliphatic rings. The molecule has 0 unspecified atom stereocenters. The first-order valence-electron chi connectivity index (χ1n) is 9.33. The van der Waals surface area contributed by atoms with Gasteiger partial charge in [0.05, 0.1) is 12.8 Å². The maximum absolute atomic E-state index is 5.34. The van der Waals surface area contributed by atoms with Gasteiger partial charge in [-0.3, -0.25) is 4.99 Å². The Bertz CT molecular complexity index is 825. The topological polar surface area (TPSA) is 62.9 Å². The normalized spacial score (nSPS) is 14.4. The number of aliphatic imine (C=N–C) groups is 1. The van der Waals surface area contributed by atoms with Gasteiger partial charge < -0.3 is 19.5 Å². The molecule has 0 saturated heterocycles. The minimum Gasteiger partial charge on any atom is -0.497 e. The number of rotatable bonds is 5. The summed E-state index contributed by atoms with van der Waals surface area (Å²) in [6.45, 7) is 6.53. The van der Waals surface area contributed by atoms with Crippen LogP contribution in [0, 0.1) is 13.8 Å². The van der Waals surface area contributed by atoms with Gasteiger partial charge in [-0.05, 0) is 50.0 Å². The first-order valence-corrected chi connectivity index (χ1v) is 9.33. The number of halogens is 1. The van der Waals surface area contributed by atoms with Crippen molar-refractivity contribution < 1.29 is 9.26 Å². The highest BCUT2D eigenvalue weighted by atomic mass is 127. The van der Waals surface area contributed by atoms with Crippen LogP contribution in [0.25, 0.3) is 5.57 Å². The van der Waals surface area contributed by atoms with Crippen molar-refractivity contribution in [1.29, 1.82) is 0 Å². The van der Waals surface area contributed by atoms with Gasteiger partial charge in [-0.2, -0.15) is 0 Å². The molecule has 0 spiro atoms. The van der Waals surface area contributed by atoms with Gasteiger partial charge in [0.15, 0.2) is 5.96 Å². The summed E-state index contributed by atoms with van der Waals surface area (Å²) >= 11 is 0. The van der Waals surface area contributed by atoms with Gasteiger partial charge >= 0.3 is 0 Å². The van der Waals surface area contributed by atoms with Crippen molar-refractivity contribution in [3.05, 3.63) is 52.9 Å². The molecule has 1 aromatic heterocycles. The summed E-state index contributed by atoms with van der Waals surface area (Å²) in [4.78, 5) is 6.72. The minimum absolute atomic E-state index is 0. The van der Waals surface area contributed by atoms with E-state index in [-0.39, 0.29) is 24.0 Å². The summed E-state index contributed by atoms with van der Waals surface area (Å²) in [5, 5.41) is 7.48. The lowest BCUT2D eigenvalue weighted by Gasteiger charge is -2.30. The number of aromatic nitrogens is 1. The molecule has 1 aromatic carbocycles. The van der Waals surface area contributed by atoms with E-state index in [4.69, 9.17) is 9.26 Å². The fourth-order valence-electron chi connectivity index (χ4n) is 3.44. The quantitative estimate of drug-likeness (QED) is 0.388. The Labute approximate surface area is 184 Å². The number of benzene rings is 1. The van der Waals surface area contributed by atoms with Gasteiger partial charge in [-0.1, -0.05) is 23.4 Å². The number of hydrogen-bond acceptors (Lipinski definition) is 4. The molecule has 0 bridgehead atoms. The minimum atomic E-state index is 0. The summed E-state index contributed by atoms with van der Waals surface area (Å²) in [5.74, 6) is 2.73. The standard InChI is InChI=1S/C21H28N4O2.HI/c1-15-20(16(2)27-24-15)8-11-23-21(22-3)25-12-9-17(10-13-25)18-6-5-7-19(14-18)26-4;/h5-7,9,14H,8,10-13H2,1-4H3,(H,22,23);1H. The number of methoxy groups -OCH3 is 1. The Morgan fingerprint density at radius 2 is 2.18 bits per heavy atom. The zero-order chi connectivity index (χ0) is 19.2. The van der Waals surface area contributed by atoms with E-state index in [1.165, 1.54) is 16.7 Å². The second kappa shape index (κ2) is 10.5. The molecule has 3 rings (SSSR count). The van der Waals surface area contributed by atoms with E-state index >= 15 is 0 Å². The van der Waals surface area contributed by atoms with E-state index < -0.39 is 0 Å². The molecule has 0 fully saturated rings. The van der Waals surface area contributed by atoms with Crippen LogP contribution in [0.4, 0.5) is 0 Å². The average molecular weight is 496 g/mol. The lowest BCUT2D eigenvalue weighted by atomic mass is 9.99. The monoisotopic (exact) mass is 496 g/mol. The molecule has 0 atom stereocenters. The lowest BCUT2D eigenvalue weighted by molar-refractivity contribution is 0.392. The summed E-state index contributed by atoms with van der Waals surface area (Å²) in [7, 11) is 3.54. The highest BCUT2D eigenvalue weighted by molar-refractivity contribution is 14.0. The Morgan fingerprint density at radius 1 is 1.36 bits per heavy atom. The van der Waals surface area contributed by atoms with Crippen LogP contribution in [-0.2, 0) is 6.42 Å². The molecule has 7 heteroatoms. The van der Waals surface area contributed by atoms with Crippen molar-refractivity contribution in [3.63, 3.8) is 0 Å². The van der Waals surface area contributed by atoms with Crippen molar-refractivity contribution in [3.8, 4) is 5.75 Å². The molecule has 1 N–H and O–H groups in total. The van der Waals surface area contributed by atoms with Gasteiger partial charge in [0.25, 0.3) is 0 Å². The van der Waals surface area contributed by atoms with Crippen LogP contribution in [0.2, 0.25) is 0 Å². The average Bonchev–Trinajstić information content (AvgIpc) is 3.03. The SMILES string of the molecule is CN=C(NCCc1c(C)noc1C)N1CC=C(c2cccc(OC)c2)CC1.I. The fraction of sp³-hybridized carbons (Fsp3) is 0.429. The summed E-state index contributed by atoms with van der Waals surface area (Å²) in [6, 6.07) is 8.25. The third-order valence-electron chi connectivity index (χ3n) is 5.00. The van der Waals surface area contributed by atoms with E-state index in [1.54, 1.807) is 7.11 Å².